The van der Waals surface area contributed by atoms with Crippen LogP contribution in [-0.4, -0.2) is 42.2 Å². The Morgan fingerprint density at radius 3 is 2.64 bits per heavy atom. The van der Waals surface area contributed by atoms with Crippen molar-refractivity contribution in [3.63, 3.8) is 0 Å². The Morgan fingerprint density at radius 1 is 1.23 bits per heavy atom. The lowest BCUT2D eigenvalue weighted by atomic mass is 10.1. The van der Waals surface area contributed by atoms with E-state index in [0.29, 0.717) is 13.1 Å². The van der Waals surface area contributed by atoms with Crippen LogP contribution >= 0.6 is 0 Å². The molecule has 3 rings (SSSR count). The van der Waals surface area contributed by atoms with E-state index in [1.165, 1.54) is 17.5 Å². The average molecular weight is 303 g/mol. The van der Waals surface area contributed by atoms with E-state index in [4.69, 9.17) is 9.47 Å². The van der Waals surface area contributed by atoms with Crippen molar-refractivity contribution in [2.75, 3.05) is 13.1 Å². The number of aryl methyl sites for hydroxylation is 2. The maximum absolute atomic E-state index is 12.6. The quantitative estimate of drug-likeness (QED) is 0.861. The van der Waals surface area contributed by atoms with Crippen LogP contribution < -0.4 is 4.74 Å². The molecular formula is C18H25NO3. The lowest BCUT2D eigenvalue weighted by Gasteiger charge is -2.36. The summed E-state index contributed by atoms with van der Waals surface area (Å²) in [5.74, 6) is 0.846. The number of amides is 1. The number of rotatable bonds is 3. The van der Waals surface area contributed by atoms with Gasteiger partial charge in [0.25, 0.3) is 5.91 Å². The van der Waals surface area contributed by atoms with Crippen LogP contribution in [-0.2, 0) is 22.4 Å². The van der Waals surface area contributed by atoms with E-state index in [1.54, 1.807) is 0 Å². The fourth-order valence-corrected chi connectivity index (χ4v) is 3.49. The van der Waals surface area contributed by atoms with E-state index in [9.17, 15) is 4.79 Å². The minimum atomic E-state index is -0.461. The van der Waals surface area contributed by atoms with Gasteiger partial charge in [0.05, 0.1) is 12.2 Å². The van der Waals surface area contributed by atoms with Crippen molar-refractivity contribution in [1.82, 2.24) is 4.90 Å². The second-order valence-electron chi connectivity index (χ2n) is 6.54. The van der Waals surface area contributed by atoms with Crippen LogP contribution in [0.15, 0.2) is 18.2 Å². The highest BCUT2D eigenvalue weighted by molar-refractivity contribution is 5.81. The molecule has 1 aromatic carbocycles. The molecule has 22 heavy (non-hydrogen) atoms. The molecule has 1 saturated heterocycles. The number of morpholine rings is 1. The molecule has 0 N–H and O–H groups in total. The van der Waals surface area contributed by atoms with Gasteiger partial charge in [-0.25, -0.2) is 0 Å². The normalized spacial score (nSPS) is 25.7. The van der Waals surface area contributed by atoms with Gasteiger partial charge in [-0.1, -0.05) is 6.07 Å². The fourth-order valence-electron chi connectivity index (χ4n) is 3.49. The van der Waals surface area contributed by atoms with Gasteiger partial charge in [-0.2, -0.15) is 0 Å². The molecule has 120 valence electrons. The van der Waals surface area contributed by atoms with Gasteiger partial charge in [0, 0.05) is 13.1 Å². The van der Waals surface area contributed by atoms with Gasteiger partial charge in [0.1, 0.15) is 5.75 Å². The number of fused-ring (bicyclic) bond motifs is 1. The van der Waals surface area contributed by atoms with E-state index in [2.05, 4.69) is 12.1 Å². The van der Waals surface area contributed by atoms with Crippen molar-refractivity contribution in [3.05, 3.63) is 29.3 Å². The predicted molar refractivity (Wildman–Crippen MR) is 85.1 cm³/mol. The van der Waals surface area contributed by atoms with Gasteiger partial charge in [-0.05, 0) is 63.3 Å². The minimum Gasteiger partial charge on any atom is -0.481 e. The first-order chi connectivity index (χ1) is 10.5. The molecule has 2 aliphatic rings. The third kappa shape index (κ3) is 3.27. The van der Waals surface area contributed by atoms with Crippen LogP contribution in [0.5, 0.6) is 5.75 Å². The van der Waals surface area contributed by atoms with Crippen molar-refractivity contribution in [3.8, 4) is 5.75 Å². The van der Waals surface area contributed by atoms with E-state index in [0.717, 1.165) is 18.6 Å². The Balaban J connectivity index is 1.63. The molecule has 1 aliphatic carbocycles. The molecule has 0 saturated carbocycles. The molecule has 0 unspecified atom stereocenters. The smallest absolute Gasteiger partial charge is 0.263 e. The lowest BCUT2D eigenvalue weighted by Crippen LogP contribution is -2.51. The summed E-state index contributed by atoms with van der Waals surface area (Å²) in [6, 6.07) is 6.21. The Kier molecular flexibility index (Phi) is 4.39. The Bertz CT molecular complexity index is 547. The Morgan fingerprint density at radius 2 is 1.91 bits per heavy atom. The fraction of sp³-hybridized carbons (Fsp3) is 0.611. The van der Waals surface area contributed by atoms with Crippen LogP contribution in [0, 0.1) is 0 Å². The molecule has 3 atom stereocenters. The van der Waals surface area contributed by atoms with E-state index < -0.39 is 6.10 Å². The van der Waals surface area contributed by atoms with Crippen molar-refractivity contribution in [2.24, 2.45) is 0 Å². The van der Waals surface area contributed by atoms with Gasteiger partial charge in [-0.3, -0.25) is 4.79 Å². The number of hydrogen-bond donors (Lipinski definition) is 0. The van der Waals surface area contributed by atoms with Crippen molar-refractivity contribution < 1.29 is 14.3 Å². The lowest BCUT2D eigenvalue weighted by molar-refractivity contribution is -0.149. The number of benzene rings is 1. The second kappa shape index (κ2) is 6.29. The summed E-state index contributed by atoms with van der Waals surface area (Å²) in [7, 11) is 0. The first-order valence-electron chi connectivity index (χ1n) is 8.25. The van der Waals surface area contributed by atoms with Gasteiger partial charge in [0.2, 0.25) is 0 Å². The van der Waals surface area contributed by atoms with Gasteiger partial charge in [-0.15, -0.1) is 0 Å². The molecule has 1 amide bonds. The van der Waals surface area contributed by atoms with Gasteiger partial charge in [0.15, 0.2) is 6.10 Å². The maximum atomic E-state index is 12.6. The minimum absolute atomic E-state index is 0.0440. The first-order valence-corrected chi connectivity index (χ1v) is 8.25. The van der Waals surface area contributed by atoms with Crippen molar-refractivity contribution in [2.45, 2.75) is 58.3 Å². The Hall–Kier alpha value is -1.55. The SMILES string of the molecule is C[C@@H]1CN(C(=O)[C@@H](C)Oc2ccc3c(c2)CCC3)C[C@H](C)O1. The molecule has 4 nitrogen and oxygen atoms in total. The highest BCUT2D eigenvalue weighted by atomic mass is 16.5. The van der Waals surface area contributed by atoms with E-state index >= 15 is 0 Å². The highest BCUT2D eigenvalue weighted by Gasteiger charge is 2.29. The molecular weight excluding hydrogens is 278 g/mol. The zero-order chi connectivity index (χ0) is 15.7. The number of carbonyl (C=O) groups is 1. The van der Waals surface area contributed by atoms with Crippen molar-refractivity contribution >= 4 is 5.91 Å². The summed E-state index contributed by atoms with van der Waals surface area (Å²) in [4.78, 5) is 14.4. The van der Waals surface area contributed by atoms with Crippen LogP contribution in [0.4, 0.5) is 0 Å². The third-order valence-corrected chi connectivity index (χ3v) is 4.46. The molecule has 0 radical (unpaired) electrons. The van der Waals surface area contributed by atoms with Crippen LogP contribution in [0.3, 0.4) is 0 Å². The molecule has 1 heterocycles. The largest absolute Gasteiger partial charge is 0.481 e. The highest BCUT2D eigenvalue weighted by Crippen LogP contribution is 2.26. The molecule has 1 fully saturated rings. The van der Waals surface area contributed by atoms with Crippen LogP contribution in [0.1, 0.15) is 38.3 Å². The number of carbonyl (C=O) groups excluding carboxylic acids is 1. The molecule has 1 aromatic rings. The average Bonchev–Trinajstić information content (AvgIpc) is 2.93. The van der Waals surface area contributed by atoms with Gasteiger partial charge >= 0.3 is 0 Å². The molecule has 0 spiro atoms. The Labute approximate surface area is 132 Å². The van der Waals surface area contributed by atoms with E-state index in [1.807, 2.05) is 31.7 Å². The number of nitrogens with zero attached hydrogens (tertiary/aromatic N) is 1. The second-order valence-corrected chi connectivity index (χ2v) is 6.54. The zero-order valence-corrected chi connectivity index (χ0v) is 13.7. The summed E-state index contributed by atoms with van der Waals surface area (Å²) < 4.78 is 11.6. The van der Waals surface area contributed by atoms with Gasteiger partial charge < -0.3 is 14.4 Å². The van der Waals surface area contributed by atoms with Crippen molar-refractivity contribution in [1.29, 1.82) is 0 Å². The van der Waals surface area contributed by atoms with Crippen LogP contribution in [0.2, 0.25) is 0 Å². The molecule has 0 bridgehead atoms. The molecule has 1 aliphatic heterocycles. The summed E-state index contributed by atoms with van der Waals surface area (Å²) in [6.45, 7) is 7.12. The molecule has 0 aromatic heterocycles. The topological polar surface area (TPSA) is 38.8 Å². The number of hydrogen-bond acceptors (Lipinski definition) is 3. The summed E-state index contributed by atoms with van der Waals surface area (Å²) in [5.41, 5.74) is 2.79. The maximum Gasteiger partial charge on any atom is 0.263 e. The number of ether oxygens (including phenoxy) is 2. The van der Waals surface area contributed by atoms with Crippen LogP contribution in [0.25, 0.3) is 0 Å². The zero-order valence-electron chi connectivity index (χ0n) is 13.7. The monoisotopic (exact) mass is 303 g/mol. The third-order valence-electron chi connectivity index (χ3n) is 4.46. The first kappa shape index (κ1) is 15.3. The molecule has 4 heteroatoms. The predicted octanol–water partition coefficient (Wildman–Crippen LogP) is 2.58. The summed E-state index contributed by atoms with van der Waals surface area (Å²) >= 11 is 0. The standard InChI is InChI=1S/C18H25NO3/c1-12-10-19(11-13(2)21-12)18(20)14(3)22-17-8-7-15-5-4-6-16(15)9-17/h7-9,12-14H,4-6,10-11H2,1-3H3/t12-,13+,14-/m1/s1. The summed E-state index contributed by atoms with van der Waals surface area (Å²) in [6.07, 6.45) is 3.20. The summed E-state index contributed by atoms with van der Waals surface area (Å²) in [5, 5.41) is 0. The van der Waals surface area contributed by atoms with E-state index in [-0.39, 0.29) is 18.1 Å².